The number of hydrogen-bond donors (Lipinski definition) is 3. The molecule has 0 spiro atoms. The molecule has 0 saturated heterocycles. The summed E-state index contributed by atoms with van der Waals surface area (Å²) >= 11 is 0. The van der Waals surface area contributed by atoms with Gasteiger partial charge in [-0.25, -0.2) is 0 Å². The number of benzene rings is 1. The van der Waals surface area contributed by atoms with E-state index in [-0.39, 0.29) is 24.5 Å². The molecule has 122 valence electrons. The van der Waals surface area contributed by atoms with Gasteiger partial charge in [-0.15, -0.1) is 0 Å². The van der Waals surface area contributed by atoms with Crippen LogP contribution in [0.3, 0.4) is 0 Å². The maximum atomic E-state index is 12.2. The van der Waals surface area contributed by atoms with E-state index in [4.69, 9.17) is 4.74 Å². The SMILES string of the molecule is CC(C)[C@@H](CO)NC(=O)c1cc(-c2ccc3c(c2)CCO3)n[nH]1. The molecule has 0 saturated carbocycles. The van der Waals surface area contributed by atoms with Gasteiger partial charge < -0.3 is 15.2 Å². The average Bonchev–Trinajstić information content (AvgIpc) is 3.19. The molecular weight excluding hydrogens is 294 g/mol. The summed E-state index contributed by atoms with van der Waals surface area (Å²) in [5.41, 5.74) is 3.22. The number of aromatic amines is 1. The molecule has 1 aliphatic heterocycles. The van der Waals surface area contributed by atoms with E-state index in [1.54, 1.807) is 6.07 Å². The number of nitrogens with zero attached hydrogens (tertiary/aromatic N) is 1. The first-order chi connectivity index (χ1) is 11.1. The molecule has 1 aromatic carbocycles. The predicted octanol–water partition coefficient (Wildman–Crippen LogP) is 1.76. The van der Waals surface area contributed by atoms with Crippen LogP contribution in [0.25, 0.3) is 11.3 Å². The topological polar surface area (TPSA) is 87.2 Å². The molecule has 6 nitrogen and oxygen atoms in total. The first-order valence-electron chi connectivity index (χ1n) is 7.81. The lowest BCUT2D eigenvalue weighted by Crippen LogP contribution is -2.41. The number of carbonyl (C=O) groups is 1. The summed E-state index contributed by atoms with van der Waals surface area (Å²) in [6.07, 6.45) is 0.896. The number of hydrogen-bond acceptors (Lipinski definition) is 4. The molecule has 6 heteroatoms. The van der Waals surface area contributed by atoms with Crippen molar-refractivity contribution < 1.29 is 14.6 Å². The Morgan fingerprint density at radius 1 is 1.43 bits per heavy atom. The number of ether oxygens (including phenoxy) is 1. The van der Waals surface area contributed by atoms with Crippen LogP contribution in [0.1, 0.15) is 29.9 Å². The quantitative estimate of drug-likeness (QED) is 0.784. The molecule has 0 radical (unpaired) electrons. The molecule has 2 heterocycles. The molecule has 23 heavy (non-hydrogen) atoms. The van der Waals surface area contributed by atoms with Gasteiger partial charge >= 0.3 is 0 Å². The Balaban J connectivity index is 1.76. The minimum absolute atomic E-state index is 0.0881. The number of carbonyl (C=O) groups excluding carboxylic acids is 1. The van der Waals surface area contributed by atoms with Crippen LogP contribution in [0.15, 0.2) is 24.3 Å². The van der Waals surface area contributed by atoms with E-state index in [0.717, 1.165) is 29.0 Å². The van der Waals surface area contributed by atoms with Crippen molar-refractivity contribution >= 4 is 5.91 Å². The fraction of sp³-hybridized carbons (Fsp3) is 0.412. The van der Waals surface area contributed by atoms with Gasteiger partial charge in [0.05, 0.1) is 24.9 Å². The normalized spacial score (nSPS) is 14.4. The number of aliphatic hydroxyl groups is 1. The van der Waals surface area contributed by atoms with Crippen LogP contribution in [0.5, 0.6) is 5.75 Å². The van der Waals surface area contributed by atoms with Crippen LogP contribution in [-0.4, -0.2) is 40.5 Å². The Kier molecular flexibility index (Phi) is 4.34. The lowest BCUT2D eigenvalue weighted by Gasteiger charge is -2.19. The van der Waals surface area contributed by atoms with Gasteiger partial charge in [0.25, 0.3) is 5.91 Å². The van der Waals surface area contributed by atoms with Crippen LogP contribution in [0.4, 0.5) is 0 Å². The van der Waals surface area contributed by atoms with E-state index in [1.165, 1.54) is 0 Å². The molecule has 1 aromatic heterocycles. The van der Waals surface area contributed by atoms with Crippen LogP contribution in [0, 0.1) is 5.92 Å². The van der Waals surface area contributed by atoms with Crippen LogP contribution < -0.4 is 10.1 Å². The van der Waals surface area contributed by atoms with E-state index in [1.807, 2.05) is 32.0 Å². The number of fused-ring (bicyclic) bond motifs is 1. The van der Waals surface area contributed by atoms with Crippen molar-refractivity contribution in [3.05, 3.63) is 35.5 Å². The standard InChI is InChI=1S/C17H21N3O3/c1-10(2)15(9-21)18-17(22)14-8-13(19-20-14)11-3-4-16-12(7-11)5-6-23-16/h3-4,7-8,10,15,21H,5-6,9H2,1-2H3,(H,18,22)(H,19,20)/t15-/m1/s1. The second kappa shape index (κ2) is 6.42. The highest BCUT2D eigenvalue weighted by atomic mass is 16.5. The van der Waals surface area contributed by atoms with Crippen molar-refractivity contribution in [1.82, 2.24) is 15.5 Å². The Morgan fingerprint density at radius 3 is 3.00 bits per heavy atom. The van der Waals surface area contributed by atoms with Crippen molar-refractivity contribution in [2.45, 2.75) is 26.3 Å². The van der Waals surface area contributed by atoms with E-state index in [9.17, 15) is 9.90 Å². The molecule has 1 amide bonds. The number of amides is 1. The Bertz CT molecular complexity index is 709. The minimum Gasteiger partial charge on any atom is -0.493 e. The van der Waals surface area contributed by atoms with E-state index < -0.39 is 0 Å². The first-order valence-corrected chi connectivity index (χ1v) is 7.81. The summed E-state index contributed by atoms with van der Waals surface area (Å²) in [5.74, 6) is 0.814. The third-order valence-corrected chi connectivity index (χ3v) is 4.13. The summed E-state index contributed by atoms with van der Waals surface area (Å²) in [6, 6.07) is 7.37. The summed E-state index contributed by atoms with van der Waals surface area (Å²) in [4.78, 5) is 12.2. The molecule has 2 aromatic rings. The fourth-order valence-corrected chi connectivity index (χ4v) is 2.60. The lowest BCUT2D eigenvalue weighted by molar-refractivity contribution is 0.0892. The van der Waals surface area contributed by atoms with Crippen LogP contribution >= 0.6 is 0 Å². The fourth-order valence-electron chi connectivity index (χ4n) is 2.60. The predicted molar refractivity (Wildman–Crippen MR) is 86.4 cm³/mol. The molecule has 0 fully saturated rings. The summed E-state index contributed by atoms with van der Waals surface area (Å²) in [5, 5.41) is 19.1. The van der Waals surface area contributed by atoms with E-state index >= 15 is 0 Å². The minimum atomic E-state index is -0.272. The zero-order chi connectivity index (χ0) is 16.4. The summed E-state index contributed by atoms with van der Waals surface area (Å²) < 4.78 is 5.50. The number of aromatic nitrogens is 2. The highest BCUT2D eigenvalue weighted by molar-refractivity contribution is 5.93. The zero-order valence-corrected chi connectivity index (χ0v) is 13.3. The first kappa shape index (κ1) is 15.6. The molecule has 0 aliphatic carbocycles. The molecule has 1 atom stereocenters. The number of nitrogens with one attached hydrogen (secondary N) is 2. The molecular formula is C17H21N3O3. The van der Waals surface area contributed by atoms with Gasteiger partial charge in [-0.05, 0) is 35.7 Å². The summed E-state index contributed by atoms with van der Waals surface area (Å²) in [6.45, 7) is 4.53. The second-order valence-electron chi connectivity index (χ2n) is 6.09. The highest BCUT2D eigenvalue weighted by Crippen LogP contribution is 2.29. The third kappa shape index (κ3) is 3.22. The van der Waals surface area contributed by atoms with E-state index in [0.29, 0.717) is 12.3 Å². The maximum Gasteiger partial charge on any atom is 0.269 e. The van der Waals surface area contributed by atoms with Gasteiger partial charge in [-0.2, -0.15) is 5.10 Å². The maximum absolute atomic E-state index is 12.2. The van der Waals surface area contributed by atoms with Gasteiger partial charge in [0.15, 0.2) is 0 Å². The monoisotopic (exact) mass is 315 g/mol. The third-order valence-electron chi connectivity index (χ3n) is 4.13. The highest BCUT2D eigenvalue weighted by Gasteiger charge is 2.19. The van der Waals surface area contributed by atoms with Gasteiger partial charge in [0.2, 0.25) is 0 Å². The van der Waals surface area contributed by atoms with Gasteiger partial charge in [-0.1, -0.05) is 13.8 Å². The lowest BCUT2D eigenvalue weighted by atomic mass is 10.0. The Morgan fingerprint density at radius 2 is 2.26 bits per heavy atom. The van der Waals surface area contributed by atoms with Gasteiger partial charge in [0.1, 0.15) is 11.4 Å². The van der Waals surface area contributed by atoms with Crippen molar-refractivity contribution in [1.29, 1.82) is 0 Å². The smallest absolute Gasteiger partial charge is 0.269 e. The van der Waals surface area contributed by atoms with E-state index in [2.05, 4.69) is 15.5 Å². The number of rotatable bonds is 5. The molecule has 3 rings (SSSR count). The molecule has 0 unspecified atom stereocenters. The second-order valence-corrected chi connectivity index (χ2v) is 6.09. The van der Waals surface area contributed by atoms with Gasteiger partial charge in [-0.3, -0.25) is 9.89 Å². The number of aliphatic hydroxyl groups excluding tert-OH is 1. The average molecular weight is 315 g/mol. The van der Waals surface area contributed by atoms with Crippen LogP contribution in [0.2, 0.25) is 0 Å². The van der Waals surface area contributed by atoms with Gasteiger partial charge in [0, 0.05) is 12.0 Å². The zero-order valence-electron chi connectivity index (χ0n) is 13.3. The summed E-state index contributed by atoms with van der Waals surface area (Å²) in [7, 11) is 0. The van der Waals surface area contributed by atoms with Crippen molar-refractivity contribution in [2.24, 2.45) is 5.92 Å². The molecule has 1 aliphatic rings. The molecule has 3 N–H and O–H groups in total. The van der Waals surface area contributed by atoms with Crippen LogP contribution in [-0.2, 0) is 6.42 Å². The van der Waals surface area contributed by atoms with Crippen molar-refractivity contribution in [3.8, 4) is 17.0 Å². The molecule has 0 bridgehead atoms. The Hall–Kier alpha value is -2.34. The van der Waals surface area contributed by atoms with Crippen molar-refractivity contribution in [2.75, 3.05) is 13.2 Å². The number of H-pyrrole nitrogens is 1. The van der Waals surface area contributed by atoms with Crippen molar-refractivity contribution in [3.63, 3.8) is 0 Å². The Labute approximate surface area is 134 Å². The largest absolute Gasteiger partial charge is 0.493 e.